The van der Waals surface area contributed by atoms with Crippen LogP contribution in [0.15, 0.2) is 66.7 Å². The zero-order chi connectivity index (χ0) is 23.1. The fourth-order valence-corrected chi connectivity index (χ4v) is 2.87. The highest BCUT2D eigenvalue weighted by molar-refractivity contribution is 6.05. The number of nitrogens with one attached hydrogen (secondary N) is 2. The highest BCUT2D eigenvalue weighted by Gasteiger charge is 2.15. The molecule has 164 valence electrons. The molecular formula is C24H22N2O6. The lowest BCUT2D eigenvalue weighted by Crippen LogP contribution is -2.21. The van der Waals surface area contributed by atoms with Crippen LogP contribution in [0.1, 0.15) is 26.3 Å². The molecule has 0 aliphatic rings. The number of hydrogen-bond donors (Lipinski definition) is 3. The monoisotopic (exact) mass is 434 g/mol. The molecule has 8 nitrogen and oxygen atoms in total. The first-order valence-electron chi connectivity index (χ1n) is 9.68. The van der Waals surface area contributed by atoms with Crippen LogP contribution in [-0.4, -0.2) is 36.6 Å². The summed E-state index contributed by atoms with van der Waals surface area (Å²) in [6.45, 7) is 1.25. The van der Waals surface area contributed by atoms with E-state index in [1.165, 1.54) is 19.2 Å². The Labute approximate surface area is 184 Å². The van der Waals surface area contributed by atoms with Crippen LogP contribution in [0.5, 0.6) is 11.5 Å². The number of para-hydroxylation sites is 2. The van der Waals surface area contributed by atoms with Crippen LogP contribution in [0.25, 0.3) is 0 Å². The Bertz CT molecular complexity index is 1140. The van der Waals surface area contributed by atoms with E-state index < -0.39 is 18.5 Å². The van der Waals surface area contributed by atoms with Gasteiger partial charge in [0.15, 0.2) is 6.61 Å². The standard InChI is InChI=1S/C24H22N2O6/c1-15-7-12-18(20(27)13-15)24(30)32-14-22(28)25-17-10-8-16(9-11-17)23(29)26-19-5-3-4-6-21(19)31-2/h3-13,27H,14H2,1-2H3,(H,25,28)(H,26,29). The summed E-state index contributed by atoms with van der Waals surface area (Å²) in [7, 11) is 1.52. The summed E-state index contributed by atoms with van der Waals surface area (Å²) < 4.78 is 10.2. The van der Waals surface area contributed by atoms with E-state index in [1.54, 1.807) is 61.5 Å². The number of benzene rings is 3. The second kappa shape index (κ2) is 10.1. The first-order valence-corrected chi connectivity index (χ1v) is 9.68. The molecule has 3 aromatic carbocycles. The van der Waals surface area contributed by atoms with Crippen molar-refractivity contribution in [3.63, 3.8) is 0 Å². The maximum Gasteiger partial charge on any atom is 0.342 e. The Morgan fingerprint density at radius 2 is 1.66 bits per heavy atom. The van der Waals surface area contributed by atoms with E-state index in [0.717, 1.165) is 5.56 Å². The molecule has 0 saturated carbocycles. The van der Waals surface area contributed by atoms with Gasteiger partial charge in [0.2, 0.25) is 0 Å². The number of amides is 2. The van der Waals surface area contributed by atoms with E-state index in [-0.39, 0.29) is 17.2 Å². The lowest BCUT2D eigenvalue weighted by atomic mass is 10.1. The molecule has 0 saturated heterocycles. The Kier molecular flexibility index (Phi) is 7.07. The molecule has 0 bridgehead atoms. The fourth-order valence-electron chi connectivity index (χ4n) is 2.87. The smallest absolute Gasteiger partial charge is 0.342 e. The number of hydrogen-bond acceptors (Lipinski definition) is 6. The van der Waals surface area contributed by atoms with Crippen LogP contribution in [0, 0.1) is 6.92 Å². The van der Waals surface area contributed by atoms with Gasteiger partial charge in [0.1, 0.15) is 17.1 Å². The first-order chi connectivity index (χ1) is 15.4. The predicted molar refractivity (Wildman–Crippen MR) is 119 cm³/mol. The minimum Gasteiger partial charge on any atom is -0.507 e. The Morgan fingerprint density at radius 3 is 2.34 bits per heavy atom. The summed E-state index contributed by atoms with van der Waals surface area (Å²) in [5.41, 5.74) is 2.12. The third-order valence-electron chi connectivity index (χ3n) is 4.49. The van der Waals surface area contributed by atoms with Gasteiger partial charge in [-0.1, -0.05) is 18.2 Å². The number of phenols is 1. The molecule has 0 fully saturated rings. The van der Waals surface area contributed by atoms with Gasteiger partial charge < -0.3 is 25.2 Å². The molecule has 0 unspecified atom stereocenters. The fraction of sp³-hybridized carbons (Fsp3) is 0.125. The SMILES string of the molecule is COc1ccccc1NC(=O)c1ccc(NC(=O)COC(=O)c2ccc(C)cc2O)cc1. The van der Waals surface area contributed by atoms with Gasteiger partial charge in [-0.25, -0.2) is 4.79 Å². The van der Waals surface area contributed by atoms with Crippen molar-refractivity contribution in [2.24, 2.45) is 0 Å². The van der Waals surface area contributed by atoms with E-state index in [9.17, 15) is 19.5 Å². The number of carbonyl (C=O) groups is 3. The van der Waals surface area contributed by atoms with Gasteiger partial charge in [-0.15, -0.1) is 0 Å². The summed E-state index contributed by atoms with van der Waals surface area (Å²) in [4.78, 5) is 36.6. The molecule has 3 N–H and O–H groups in total. The number of aryl methyl sites for hydroxylation is 1. The topological polar surface area (TPSA) is 114 Å². The van der Waals surface area contributed by atoms with E-state index in [1.807, 2.05) is 0 Å². The van der Waals surface area contributed by atoms with Crippen LogP contribution >= 0.6 is 0 Å². The molecule has 0 radical (unpaired) electrons. The van der Waals surface area contributed by atoms with Crippen LogP contribution in [0.2, 0.25) is 0 Å². The molecule has 0 aliphatic heterocycles. The lowest BCUT2D eigenvalue weighted by Gasteiger charge is -2.10. The van der Waals surface area contributed by atoms with Gasteiger partial charge in [-0.05, 0) is 61.0 Å². The molecule has 2 amide bonds. The van der Waals surface area contributed by atoms with Crippen molar-refractivity contribution in [1.29, 1.82) is 0 Å². The van der Waals surface area contributed by atoms with E-state index in [2.05, 4.69) is 10.6 Å². The molecule has 0 spiro atoms. The lowest BCUT2D eigenvalue weighted by molar-refractivity contribution is -0.119. The van der Waals surface area contributed by atoms with Crippen LogP contribution in [0.3, 0.4) is 0 Å². The van der Waals surface area contributed by atoms with Gasteiger partial charge in [0.05, 0.1) is 12.8 Å². The zero-order valence-corrected chi connectivity index (χ0v) is 17.5. The summed E-state index contributed by atoms with van der Waals surface area (Å²) in [5, 5.41) is 15.2. The predicted octanol–water partition coefficient (Wildman–Crippen LogP) is 3.76. The van der Waals surface area contributed by atoms with Gasteiger partial charge in [0.25, 0.3) is 11.8 Å². The van der Waals surface area contributed by atoms with Crippen molar-refractivity contribution in [3.05, 3.63) is 83.4 Å². The molecule has 32 heavy (non-hydrogen) atoms. The van der Waals surface area contributed by atoms with Crippen molar-refractivity contribution in [2.75, 3.05) is 24.4 Å². The maximum absolute atomic E-state index is 12.4. The third kappa shape index (κ3) is 5.63. The molecule has 0 atom stereocenters. The number of anilines is 2. The molecule has 3 rings (SSSR count). The summed E-state index contributed by atoms with van der Waals surface area (Å²) in [5.74, 6) is -1.37. The molecule has 3 aromatic rings. The van der Waals surface area contributed by atoms with Crippen molar-refractivity contribution >= 4 is 29.2 Å². The van der Waals surface area contributed by atoms with E-state index >= 15 is 0 Å². The Morgan fingerprint density at radius 1 is 0.938 bits per heavy atom. The van der Waals surface area contributed by atoms with Crippen LogP contribution in [-0.2, 0) is 9.53 Å². The van der Waals surface area contributed by atoms with Gasteiger partial charge in [0, 0.05) is 11.3 Å². The highest BCUT2D eigenvalue weighted by Crippen LogP contribution is 2.24. The number of ether oxygens (including phenoxy) is 2. The number of methoxy groups -OCH3 is 1. The van der Waals surface area contributed by atoms with Gasteiger partial charge in [-0.2, -0.15) is 0 Å². The Balaban J connectivity index is 1.54. The molecule has 0 aliphatic carbocycles. The van der Waals surface area contributed by atoms with Gasteiger partial charge >= 0.3 is 5.97 Å². The molecule has 0 aromatic heterocycles. The minimum absolute atomic E-state index is 0.0196. The number of phenolic OH excluding ortho intramolecular Hbond substituents is 1. The summed E-state index contributed by atoms with van der Waals surface area (Å²) >= 11 is 0. The largest absolute Gasteiger partial charge is 0.507 e. The average Bonchev–Trinajstić information content (AvgIpc) is 2.78. The van der Waals surface area contributed by atoms with Crippen LogP contribution < -0.4 is 15.4 Å². The van der Waals surface area contributed by atoms with Crippen LogP contribution in [0.4, 0.5) is 11.4 Å². The third-order valence-corrected chi connectivity index (χ3v) is 4.49. The molecule has 8 heteroatoms. The maximum atomic E-state index is 12.4. The minimum atomic E-state index is -0.805. The van der Waals surface area contributed by atoms with Crippen molar-refractivity contribution in [1.82, 2.24) is 0 Å². The number of rotatable bonds is 7. The average molecular weight is 434 g/mol. The number of esters is 1. The van der Waals surface area contributed by atoms with Crippen molar-refractivity contribution in [2.45, 2.75) is 6.92 Å². The Hall–Kier alpha value is -4.33. The quantitative estimate of drug-likeness (QED) is 0.488. The van der Waals surface area contributed by atoms with Gasteiger partial charge in [-0.3, -0.25) is 9.59 Å². The van der Waals surface area contributed by atoms with Crippen molar-refractivity contribution in [3.8, 4) is 11.5 Å². The van der Waals surface area contributed by atoms with E-state index in [4.69, 9.17) is 9.47 Å². The second-order valence-corrected chi connectivity index (χ2v) is 6.88. The van der Waals surface area contributed by atoms with Crippen molar-refractivity contribution < 1.29 is 29.0 Å². The first kappa shape index (κ1) is 22.4. The highest BCUT2D eigenvalue weighted by atomic mass is 16.5. The normalized spacial score (nSPS) is 10.2. The second-order valence-electron chi connectivity index (χ2n) is 6.88. The molecule has 0 heterocycles. The summed E-state index contributed by atoms with van der Waals surface area (Å²) in [6, 6.07) is 17.8. The van der Waals surface area contributed by atoms with E-state index in [0.29, 0.717) is 22.7 Å². The number of aromatic hydroxyl groups is 1. The zero-order valence-electron chi connectivity index (χ0n) is 17.5. The number of carbonyl (C=O) groups excluding carboxylic acids is 3. The summed E-state index contributed by atoms with van der Waals surface area (Å²) in [6.07, 6.45) is 0. The molecular weight excluding hydrogens is 412 g/mol.